The summed E-state index contributed by atoms with van der Waals surface area (Å²) in [5.74, 6) is -1.05. The Hall–Kier alpha value is -4.28. The standard InChI is InChI=1S/C23H21N5O4S/c1-4-21(29)31-12-10-28(11-13-32-22(30)5-2)18-8-6-17(7-9-18)26-27-23-19(14-24)16(3)20(15-25)33-23/h4-9H,1-2,10-13H2,3H3/b27-26+. The van der Waals surface area contributed by atoms with E-state index in [9.17, 15) is 14.9 Å². The minimum absolute atomic E-state index is 0.123. The van der Waals surface area contributed by atoms with E-state index < -0.39 is 11.9 Å². The number of rotatable bonds is 11. The maximum absolute atomic E-state index is 11.3. The molecule has 0 aliphatic heterocycles. The number of hydrogen-bond donors (Lipinski definition) is 0. The van der Waals surface area contributed by atoms with Gasteiger partial charge in [-0.15, -0.1) is 21.6 Å². The van der Waals surface area contributed by atoms with Gasteiger partial charge < -0.3 is 14.4 Å². The third kappa shape index (κ3) is 7.13. The van der Waals surface area contributed by atoms with Crippen molar-refractivity contribution >= 4 is 39.7 Å². The normalized spacial score (nSPS) is 10.2. The zero-order valence-corrected chi connectivity index (χ0v) is 18.8. The lowest BCUT2D eigenvalue weighted by atomic mass is 10.2. The van der Waals surface area contributed by atoms with Crippen molar-refractivity contribution in [3.05, 3.63) is 65.6 Å². The number of thiophene rings is 1. The fourth-order valence-electron chi connectivity index (χ4n) is 2.64. The van der Waals surface area contributed by atoms with E-state index in [-0.39, 0.29) is 13.2 Å². The van der Waals surface area contributed by atoms with Gasteiger partial charge in [-0.1, -0.05) is 13.2 Å². The second-order valence-corrected chi connectivity index (χ2v) is 7.41. The number of esters is 2. The Bertz CT molecular complexity index is 1110. The summed E-state index contributed by atoms with van der Waals surface area (Å²) >= 11 is 1.12. The SMILES string of the molecule is C=CC(=O)OCCN(CCOC(=O)C=C)c1ccc(/N=N/c2sc(C#N)c(C)c2C#N)cc1. The minimum Gasteiger partial charge on any atom is -0.461 e. The van der Waals surface area contributed by atoms with Gasteiger partial charge in [0.15, 0.2) is 5.00 Å². The molecule has 0 aliphatic rings. The summed E-state index contributed by atoms with van der Waals surface area (Å²) in [6.45, 7) is 9.39. The molecule has 1 aromatic carbocycles. The molecule has 0 aliphatic carbocycles. The predicted octanol–water partition coefficient (Wildman–Crippen LogP) is 4.48. The topological polar surface area (TPSA) is 128 Å². The Morgan fingerprint density at radius 3 is 2.09 bits per heavy atom. The first-order chi connectivity index (χ1) is 15.9. The molecule has 0 radical (unpaired) electrons. The summed E-state index contributed by atoms with van der Waals surface area (Å²) in [5.41, 5.74) is 2.27. The van der Waals surface area contributed by atoms with Crippen molar-refractivity contribution in [3.63, 3.8) is 0 Å². The van der Waals surface area contributed by atoms with Crippen LogP contribution >= 0.6 is 11.3 Å². The summed E-state index contributed by atoms with van der Waals surface area (Å²) in [7, 11) is 0. The molecule has 2 aromatic rings. The number of nitriles is 2. The number of azo groups is 1. The van der Waals surface area contributed by atoms with Crippen molar-refractivity contribution in [1.29, 1.82) is 10.5 Å². The molecule has 1 heterocycles. The fraction of sp³-hybridized carbons (Fsp3) is 0.217. The van der Waals surface area contributed by atoms with E-state index in [1.807, 2.05) is 11.0 Å². The van der Waals surface area contributed by atoms with Crippen molar-refractivity contribution in [2.75, 3.05) is 31.2 Å². The van der Waals surface area contributed by atoms with E-state index in [1.54, 1.807) is 31.2 Å². The van der Waals surface area contributed by atoms with Gasteiger partial charge in [0.1, 0.15) is 30.2 Å². The van der Waals surface area contributed by atoms with Crippen LogP contribution in [0.2, 0.25) is 0 Å². The Morgan fingerprint density at radius 1 is 1.03 bits per heavy atom. The number of hydrogen-bond acceptors (Lipinski definition) is 10. The number of carbonyl (C=O) groups excluding carboxylic acids is 2. The third-order valence-corrected chi connectivity index (χ3v) is 5.44. The molecule has 0 unspecified atom stereocenters. The molecule has 0 N–H and O–H groups in total. The molecule has 2 rings (SSSR count). The lowest BCUT2D eigenvalue weighted by Gasteiger charge is -2.24. The van der Waals surface area contributed by atoms with Crippen LogP contribution in [0.25, 0.3) is 0 Å². The summed E-state index contributed by atoms with van der Waals surface area (Å²) in [5, 5.41) is 27.1. The van der Waals surface area contributed by atoms with Gasteiger partial charge in [0, 0.05) is 17.8 Å². The van der Waals surface area contributed by atoms with Gasteiger partial charge in [-0.3, -0.25) is 0 Å². The molecular weight excluding hydrogens is 442 g/mol. The highest BCUT2D eigenvalue weighted by molar-refractivity contribution is 7.16. The van der Waals surface area contributed by atoms with Gasteiger partial charge in [-0.25, -0.2) is 9.59 Å². The molecule has 0 atom stereocenters. The van der Waals surface area contributed by atoms with Crippen LogP contribution in [0, 0.1) is 29.6 Å². The van der Waals surface area contributed by atoms with Crippen LogP contribution in [0.1, 0.15) is 16.0 Å². The van der Waals surface area contributed by atoms with E-state index in [1.165, 1.54) is 0 Å². The zero-order chi connectivity index (χ0) is 24.2. The van der Waals surface area contributed by atoms with Crippen LogP contribution in [0.5, 0.6) is 0 Å². The smallest absolute Gasteiger partial charge is 0.330 e. The molecule has 0 amide bonds. The molecule has 0 fully saturated rings. The first kappa shape index (κ1) is 25.0. The summed E-state index contributed by atoms with van der Waals surface area (Å²) in [4.78, 5) is 24.9. The Kier molecular flexibility index (Phi) is 9.50. The number of nitrogens with zero attached hydrogens (tertiary/aromatic N) is 5. The van der Waals surface area contributed by atoms with Gasteiger partial charge in [0.2, 0.25) is 0 Å². The first-order valence-electron chi connectivity index (χ1n) is 9.72. The van der Waals surface area contributed by atoms with Crippen LogP contribution in [0.3, 0.4) is 0 Å². The molecule has 10 heteroatoms. The van der Waals surface area contributed by atoms with E-state index in [4.69, 9.17) is 14.7 Å². The summed E-state index contributed by atoms with van der Waals surface area (Å²) in [6, 6.07) is 11.2. The number of anilines is 1. The third-order valence-electron chi connectivity index (χ3n) is 4.36. The Morgan fingerprint density at radius 2 is 1.61 bits per heavy atom. The van der Waals surface area contributed by atoms with Gasteiger partial charge >= 0.3 is 11.9 Å². The van der Waals surface area contributed by atoms with Crippen LogP contribution in [-0.4, -0.2) is 38.2 Å². The lowest BCUT2D eigenvalue weighted by molar-refractivity contribution is -0.137. The Balaban J connectivity index is 2.13. The van der Waals surface area contributed by atoms with Crippen LogP contribution < -0.4 is 4.90 Å². The molecule has 0 bridgehead atoms. The maximum Gasteiger partial charge on any atom is 0.330 e. The molecule has 0 spiro atoms. The first-order valence-corrected chi connectivity index (χ1v) is 10.5. The maximum atomic E-state index is 11.3. The molecular formula is C23H21N5O4S. The monoisotopic (exact) mass is 463 g/mol. The van der Waals surface area contributed by atoms with Crippen molar-refractivity contribution in [2.45, 2.75) is 6.92 Å². The largest absolute Gasteiger partial charge is 0.461 e. The molecule has 168 valence electrons. The van der Waals surface area contributed by atoms with E-state index >= 15 is 0 Å². The van der Waals surface area contributed by atoms with Crippen LogP contribution in [-0.2, 0) is 19.1 Å². The van der Waals surface area contributed by atoms with Gasteiger partial charge in [0.25, 0.3) is 0 Å². The zero-order valence-electron chi connectivity index (χ0n) is 18.0. The quantitative estimate of drug-likeness (QED) is 0.273. The fourth-order valence-corrected chi connectivity index (χ4v) is 3.52. The highest BCUT2D eigenvalue weighted by atomic mass is 32.1. The highest BCUT2D eigenvalue weighted by Crippen LogP contribution is 2.35. The number of benzene rings is 1. The number of carbonyl (C=O) groups is 2. The summed E-state index contributed by atoms with van der Waals surface area (Å²) < 4.78 is 10.1. The van der Waals surface area contributed by atoms with Crippen LogP contribution in [0.4, 0.5) is 16.4 Å². The molecule has 33 heavy (non-hydrogen) atoms. The van der Waals surface area contributed by atoms with Gasteiger partial charge in [0.05, 0.1) is 24.3 Å². The average Bonchev–Trinajstić information content (AvgIpc) is 3.15. The predicted molar refractivity (Wildman–Crippen MR) is 124 cm³/mol. The van der Waals surface area contributed by atoms with Crippen LogP contribution in [0.15, 0.2) is 59.8 Å². The van der Waals surface area contributed by atoms with Crippen molar-refractivity contribution in [1.82, 2.24) is 0 Å². The second kappa shape index (κ2) is 12.5. The van der Waals surface area contributed by atoms with E-state index in [0.717, 1.165) is 29.2 Å². The van der Waals surface area contributed by atoms with Crippen molar-refractivity contribution < 1.29 is 19.1 Å². The second-order valence-electron chi connectivity index (χ2n) is 6.41. The van der Waals surface area contributed by atoms with Crippen molar-refractivity contribution in [3.8, 4) is 12.1 Å². The lowest BCUT2D eigenvalue weighted by Crippen LogP contribution is -2.31. The minimum atomic E-state index is -0.524. The molecule has 1 aromatic heterocycles. The van der Waals surface area contributed by atoms with Gasteiger partial charge in [-0.2, -0.15) is 10.5 Å². The van der Waals surface area contributed by atoms with E-state index in [0.29, 0.717) is 39.8 Å². The summed E-state index contributed by atoms with van der Waals surface area (Å²) in [6.07, 6.45) is 2.17. The highest BCUT2D eigenvalue weighted by Gasteiger charge is 2.14. The Labute approximate surface area is 195 Å². The van der Waals surface area contributed by atoms with E-state index in [2.05, 4.69) is 29.5 Å². The molecule has 9 nitrogen and oxygen atoms in total. The number of ether oxygens (including phenoxy) is 2. The molecule has 0 saturated heterocycles. The van der Waals surface area contributed by atoms with Gasteiger partial charge in [-0.05, 0) is 36.8 Å². The van der Waals surface area contributed by atoms with Crippen molar-refractivity contribution in [2.24, 2.45) is 10.2 Å². The average molecular weight is 464 g/mol. The molecule has 0 saturated carbocycles.